The predicted molar refractivity (Wildman–Crippen MR) is 118 cm³/mol. The van der Waals surface area contributed by atoms with Crippen LogP contribution in [-0.4, -0.2) is 23.7 Å². The Bertz CT molecular complexity index is 886. The van der Waals surface area contributed by atoms with Gasteiger partial charge in [0.15, 0.2) is 0 Å². The fourth-order valence-electron chi connectivity index (χ4n) is 2.80. The summed E-state index contributed by atoms with van der Waals surface area (Å²) in [5, 5.41) is 15.3. The maximum atomic E-state index is 12.2. The summed E-state index contributed by atoms with van der Waals surface area (Å²) in [5.74, 6) is 0.0767. The number of nitro groups is 1. The van der Waals surface area contributed by atoms with E-state index in [0.717, 1.165) is 12.8 Å². The van der Waals surface area contributed by atoms with Crippen LogP contribution in [0.5, 0.6) is 5.75 Å². The van der Waals surface area contributed by atoms with Gasteiger partial charge < -0.3 is 4.74 Å². The highest BCUT2D eigenvalue weighted by molar-refractivity contribution is 6.30. The van der Waals surface area contributed by atoms with Crippen LogP contribution in [0.4, 0.5) is 5.69 Å². The largest absolute Gasteiger partial charge is 0.493 e. The molecule has 0 bridgehead atoms. The fourth-order valence-corrected chi connectivity index (χ4v) is 2.98. The molecule has 7 nitrogen and oxygen atoms in total. The summed E-state index contributed by atoms with van der Waals surface area (Å²) in [7, 11) is 0. The Morgan fingerprint density at radius 1 is 1.17 bits per heavy atom. The number of non-ortho nitro benzene ring substituents is 1. The first-order valence-corrected chi connectivity index (χ1v) is 10.4. The van der Waals surface area contributed by atoms with Crippen LogP contribution >= 0.6 is 11.6 Å². The Balaban J connectivity index is 1.92. The number of carbonyl (C=O) groups is 1. The number of hydrogen-bond donors (Lipinski definition) is 1. The smallest absolute Gasteiger partial charge is 0.271 e. The lowest BCUT2D eigenvalue weighted by molar-refractivity contribution is -0.384. The van der Waals surface area contributed by atoms with Gasteiger partial charge in [-0.1, -0.05) is 56.7 Å². The molecule has 8 heteroatoms. The van der Waals surface area contributed by atoms with Gasteiger partial charge in [0.1, 0.15) is 5.75 Å². The van der Waals surface area contributed by atoms with E-state index in [0.29, 0.717) is 22.9 Å². The Kier molecular flexibility index (Phi) is 9.80. The summed E-state index contributed by atoms with van der Waals surface area (Å²) in [6.07, 6.45) is 8.47. The SMILES string of the molecule is CCCCCCCCOc1ccc(Cl)cc1/C=N/NC(=O)c1cccc([N+](=O)[O-])c1. The highest BCUT2D eigenvalue weighted by atomic mass is 35.5. The minimum atomic E-state index is -0.556. The first-order valence-electron chi connectivity index (χ1n) is 10.0. The topological polar surface area (TPSA) is 93.8 Å². The number of carbonyl (C=O) groups excluding carboxylic acids is 1. The van der Waals surface area contributed by atoms with Crippen LogP contribution < -0.4 is 10.2 Å². The van der Waals surface area contributed by atoms with Gasteiger partial charge in [-0.05, 0) is 30.7 Å². The first-order chi connectivity index (χ1) is 14.5. The number of nitrogens with zero attached hydrogens (tertiary/aromatic N) is 2. The maximum absolute atomic E-state index is 12.2. The monoisotopic (exact) mass is 431 g/mol. The molecule has 0 fully saturated rings. The number of halogens is 1. The van der Waals surface area contributed by atoms with Crippen molar-refractivity contribution in [2.24, 2.45) is 5.10 Å². The molecular weight excluding hydrogens is 406 g/mol. The van der Waals surface area contributed by atoms with Crippen molar-refractivity contribution in [1.82, 2.24) is 5.43 Å². The molecule has 0 aromatic heterocycles. The standard InChI is InChI=1S/C22H26ClN3O4/c1-2-3-4-5-6-7-13-30-21-12-11-19(23)14-18(21)16-24-25-22(27)17-9-8-10-20(15-17)26(28)29/h8-12,14-16H,2-7,13H2,1H3,(H,25,27)/b24-16+. The Morgan fingerprint density at radius 3 is 2.70 bits per heavy atom. The second-order valence-corrected chi connectivity index (χ2v) is 7.24. The van der Waals surface area contributed by atoms with Crippen molar-refractivity contribution in [3.05, 3.63) is 68.7 Å². The lowest BCUT2D eigenvalue weighted by Gasteiger charge is -2.09. The molecule has 0 unspecified atom stereocenters. The van der Waals surface area contributed by atoms with Crippen molar-refractivity contribution >= 4 is 29.4 Å². The third-order valence-corrected chi connectivity index (χ3v) is 4.65. The van der Waals surface area contributed by atoms with E-state index < -0.39 is 10.8 Å². The maximum Gasteiger partial charge on any atom is 0.271 e. The van der Waals surface area contributed by atoms with Crippen molar-refractivity contribution in [3.63, 3.8) is 0 Å². The zero-order valence-corrected chi connectivity index (χ0v) is 17.7. The normalized spacial score (nSPS) is 10.9. The Hall–Kier alpha value is -2.93. The van der Waals surface area contributed by atoms with Gasteiger partial charge in [-0.2, -0.15) is 5.10 Å². The first kappa shape index (κ1) is 23.3. The van der Waals surface area contributed by atoms with Crippen LogP contribution in [0.3, 0.4) is 0 Å². The summed E-state index contributed by atoms with van der Waals surface area (Å²) in [4.78, 5) is 22.5. The molecule has 0 aliphatic carbocycles. The van der Waals surface area contributed by atoms with Gasteiger partial charge in [0.25, 0.3) is 11.6 Å². The quantitative estimate of drug-likeness (QED) is 0.200. The van der Waals surface area contributed by atoms with Crippen molar-refractivity contribution in [2.75, 3.05) is 6.61 Å². The van der Waals surface area contributed by atoms with Gasteiger partial charge in [0.05, 0.1) is 17.7 Å². The number of hydrogen-bond acceptors (Lipinski definition) is 5. The summed E-state index contributed by atoms with van der Waals surface area (Å²) in [5.41, 5.74) is 2.98. The van der Waals surface area contributed by atoms with Crippen LogP contribution in [0.2, 0.25) is 5.02 Å². The zero-order chi connectivity index (χ0) is 21.8. The van der Waals surface area contributed by atoms with Crippen molar-refractivity contribution in [1.29, 1.82) is 0 Å². The molecular formula is C22H26ClN3O4. The Labute approximate surface area is 181 Å². The van der Waals surface area contributed by atoms with Gasteiger partial charge in [-0.3, -0.25) is 14.9 Å². The molecule has 1 amide bonds. The van der Waals surface area contributed by atoms with Crippen molar-refractivity contribution in [3.8, 4) is 5.75 Å². The fraction of sp³-hybridized carbons (Fsp3) is 0.364. The van der Waals surface area contributed by atoms with Crippen LogP contribution in [0.25, 0.3) is 0 Å². The van der Waals surface area contributed by atoms with E-state index in [9.17, 15) is 14.9 Å². The van der Waals surface area contributed by atoms with E-state index in [1.807, 2.05) is 0 Å². The minimum absolute atomic E-state index is 0.145. The highest BCUT2D eigenvalue weighted by Gasteiger charge is 2.11. The van der Waals surface area contributed by atoms with Crippen LogP contribution in [-0.2, 0) is 0 Å². The Morgan fingerprint density at radius 2 is 1.93 bits per heavy atom. The number of benzene rings is 2. The number of nitrogens with one attached hydrogen (secondary N) is 1. The molecule has 0 heterocycles. The number of ether oxygens (including phenoxy) is 1. The number of hydrazone groups is 1. The number of unbranched alkanes of at least 4 members (excludes halogenated alkanes) is 5. The van der Waals surface area contributed by atoms with Gasteiger partial charge in [0, 0.05) is 28.3 Å². The lowest BCUT2D eigenvalue weighted by atomic mass is 10.1. The van der Waals surface area contributed by atoms with Gasteiger partial charge >= 0.3 is 0 Å². The summed E-state index contributed by atoms with van der Waals surface area (Å²) in [6.45, 7) is 2.79. The predicted octanol–water partition coefficient (Wildman–Crippen LogP) is 5.75. The minimum Gasteiger partial charge on any atom is -0.493 e. The third-order valence-electron chi connectivity index (χ3n) is 4.42. The van der Waals surface area contributed by atoms with Crippen LogP contribution in [0.1, 0.15) is 61.4 Å². The molecule has 2 aromatic rings. The van der Waals surface area contributed by atoms with E-state index in [4.69, 9.17) is 16.3 Å². The number of amides is 1. The van der Waals surface area contributed by atoms with E-state index in [2.05, 4.69) is 17.5 Å². The zero-order valence-electron chi connectivity index (χ0n) is 17.0. The molecule has 0 aliphatic heterocycles. The van der Waals surface area contributed by atoms with E-state index in [1.165, 1.54) is 56.2 Å². The van der Waals surface area contributed by atoms with E-state index >= 15 is 0 Å². The molecule has 1 N–H and O–H groups in total. The second-order valence-electron chi connectivity index (χ2n) is 6.80. The molecule has 2 aromatic carbocycles. The van der Waals surface area contributed by atoms with Crippen LogP contribution in [0.15, 0.2) is 47.6 Å². The second kappa shape index (κ2) is 12.6. The van der Waals surface area contributed by atoms with Gasteiger partial charge in [0.2, 0.25) is 0 Å². The third kappa shape index (κ3) is 7.83. The summed E-state index contributed by atoms with van der Waals surface area (Å²) < 4.78 is 5.85. The van der Waals surface area contributed by atoms with E-state index in [-0.39, 0.29) is 11.3 Å². The molecule has 0 atom stereocenters. The summed E-state index contributed by atoms with van der Waals surface area (Å²) >= 11 is 6.07. The molecule has 0 spiro atoms. The number of nitro benzene ring substituents is 1. The highest BCUT2D eigenvalue weighted by Crippen LogP contribution is 2.22. The average Bonchev–Trinajstić information content (AvgIpc) is 2.74. The molecule has 160 valence electrons. The summed E-state index contributed by atoms with van der Waals surface area (Å²) in [6, 6.07) is 10.6. The van der Waals surface area contributed by atoms with E-state index in [1.54, 1.807) is 18.2 Å². The molecule has 2 rings (SSSR count). The molecule has 0 radical (unpaired) electrons. The van der Waals surface area contributed by atoms with Gasteiger partial charge in [-0.25, -0.2) is 5.43 Å². The van der Waals surface area contributed by atoms with Gasteiger partial charge in [-0.15, -0.1) is 0 Å². The molecule has 30 heavy (non-hydrogen) atoms. The average molecular weight is 432 g/mol. The van der Waals surface area contributed by atoms with Crippen LogP contribution in [0, 0.1) is 10.1 Å². The lowest BCUT2D eigenvalue weighted by Crippen LogP contribution is -2.17. The molecule has 0 saturated heterocycles. The number of rotatable bonds is 12. The molecule has 0 aliphatic rings. The molecule has 0 saturated carbocycles. The van der Waals surface area contributed by atoms with Crippen molar-refractivity contribution < 1.29 is 14.5 Å². The van der Waals surface area contributed by atoms with Crippen molar-refractivity contribution in [2.45, 2.75) is 45.4 Å².